The van der Waals surface area contributed by atoms with Gasteiger partial charge in [-0.05, 0) is 24.5 Å². The summed E-state index contributed by atoms with van der Waals surface area (Å²) in [4.78, 5) is 0.393. The number of alkyl halides is 1. The molecule has 0 saturated carbocycles. The summed E-state index contributed by atoms with van der Waals surface area (Å²) in [5.74, 6) is 0. The van der Waals surface area contributed by atoms with Gasteiger partial charge in [-0.3, -0.25) is 0 Å². The topological polar surface area (TPSA) is 34.1 Å². The maximum Gasteiger partial charge on any atom is 0.175 e. The van der Waals surface area contributed by atoms with Crippen LogP contribution in [0.25, 0.3) is 0 Å². The van der Waals surface area contributed by atoms with Crippen molar-refractivity contribution in [1.29, 1.82) is 0 Å². The molecule has 0 aliphatic carbocycles. The average molecular weight is 247 g/mol. The molecule has 4 heteroatoms. The van der Waals surface area contributed by atoms with Crippen LogP contribution in [-0.2, 0) is 16.3 Å². The molecule has 1 aromatic carbocycles. The summed E-state index contributed by atoms with van der Waals surface area (Å²) in [6.45, 7) is 1.99. The average Bonchev–Trinajstić information content (AvgIpc) is 2.17. The zero-order valence-corrected chi connectivity index (χ0v) is 10.5. The van der Waals surface area contributed by atoms with E-state index in [0.717, 1.165) is 12.0 Å². The van der Waals surface area contributed by atoms with Crippen molar-refractivity contribution in [2.75, 3.05) is 6.26 Å². The van der Waals surface area contributed by atoms with Crippen molar-refractivity contribution in [1.82, 2.24) is 0 Å². The van der Waals surface area contributed by atoms with Crippen LogP contribution in [0, 0.1) is 0 Å². The van der Waals surface area contributed by atoms with Crippen LogP contribution < -0.4 is 0 Å². The van der Waals surface area contributed by atoms with E-state index in [2.05, 4.69) is 0 Å². The van der Waals surface area contributed by atoms with Crippen LogP contribution >= 0.6 is 11.6 Å². The van der Waals surface area contributed by atoms with E-state index in [1.54, 1.807) is 12.1 Å². The Hall–Kier alpha value is -0.540. The zero-order valence-electron chi connectivity index (χ0n) is 8.90. The predicted molar refractivity (Wildman–Crippen MR) is 63.2 cm³/mol. The Labute approximate surface area is 96.2 Å². The molecule has 1 rings (SSSR count). The van der Waals surface area contributed by atoms with Gasteiger partial charge in [-0.2, -0.15) is 0 Å². The van der Waals surface area contributed by atoms with Crippen LogP contribution in [0.15, 0.2) is 29.2 Å². The fraction of sp³-hybridized carbons (Fsp3) is 0.455. The molecule has 0 aliphatic heterocycles. The Morgan fingerprint density at radius 1 is 1.33 bits per heavy atom. The molecule has 0 bridgehead atoms. The van der Waals surface area contributed by atoms with E-state index in [1.165, 1.54) is 6.26 Å². The summed E-state index contributed by atoms with van der Waals surface area (Å²) in [7, 11) is -3.15. The number of rotatable bonds is 4. The Morgan fingerprint density at radius 2 is 1.93 bits per heavy atom. The lowest BCUT2D eigenvalue weighted by atomic mass is 10.1. The molecule has 15 heavy (non-hydrogen) atoms. The summed E-state index contributed by atoms with van der Waals surface area (Å²) in [5, 5.41) is -0.00657. The Morgan fingerprint density at radius 3 is 2.47 bits per heavy atom. The molecule has 0 aliphatic rings. The second kappa shape index (κ2) is 4.99. The Kier molecular flexibility index (Phi) is 4.17. The van der Waals surface area contributed by atoms with Gasteiger partial charge >= 0.3 is 0 Å². The molecule has 84 valence electrons. The maximum absolute atomic E-state index is 11.5. The van der Waals surface area contributed by atoms with E-state index in [0.29, 0.717) is 11.3 Å². The number of hydrogen-bond donors (Lipinski definition) is 0. The quantitative estimate of drug-likeness (QED) is 0.766. The summed E-state index contributed by atoms with van der Waals surface area (Å²) >= 11 is 6.03. The first-order valence-corrected chi connectivity index (χ1v) is 7.20. The van der Waals surface area contributed by atoms with Gasteiger partial charge in [-0.15, -0.1) is 11.6 Å². The van der Waals surface area contributed by atoms with Gasteiger partial charge in [-0.1, -0.05) is 25.1 Å². The van der Waals surface area contributed by atoms with Crippen molar-refractivity contribution in [2.24, 2.45) is 0 Å². The highest BCUT2D eigenvalue weighted by Gasteiger charge is 2.14. The molecule has 1 aromatic rings. The van der Waals surface area contributed by atoms with E-state index in [1.807, 2.05) is 19.1 Å². The van der Waals surface area contributed by atoms with Crippen molar-refractivity contribution < 1.29 is 8.42 Å². The highest BCUT2D eigenvalue weighted by molar-refractivity contribution is 7.90. The van der Waals surface area contributed by atoms with Crippen LogP contribution in [0.4, 0.5) is 0 Å². The molecule has 0 radical (unpaired) electrons. The number of benzene rings is 1. The van der Waals surface area contributed by atoms with E-state index >= 15 is 0 Å². The molecule has 0 saturated heterocycles. The van der Waals surface area contributed by atoms with Crippen molar-refractivity contribution in [2.45, 2.75) is 30.0 Å². The van der Waals surface area contributed by atoms with Crippen molar-refractivity contribution in [3.05, 3.63) is 29.8 Å². The van der Waals surface area contributed by atoms with E-state index in [9.17, 15) is 8.42 Å². The van der Waals surface area contributed by atoms with Gasteiger partial charge in [0, 0.05) is 11.6 Å². The summed E-state index contributed by atoms with van der Waals surface area (Å²) in [6.07, 6.45) is 2.65. The van der Waals surface area contributed by atoms with Gasteiger partial charge in [0.15, 0.2) is 9.84 Å². The van der Waals surface area contributed by atoms with Gasteiger partial charge in [0.2, 0.25) is 0 Å². The van der Waals surface area contributed by atoms with Gasteiger partial charge in [0.1, 0.15) is 0 Å². The van der Waals surface area contributed by atoms with Crippen molar-refractivity contribution in [3.8, 4) is 0 Å². The summed E-state index contributed by atoms with van der Waals surface area (Å²) in [5.41, 5.74) is 0.807. The Bertz CT molecular complexity index is 426. The highest BCUT2D eigenvalue weighted by Crippen LogP contribution is 2.19. The maximum atomic E-state index is 11.5. The summed E-state index contributed by atoms with van der Waals surface area (Å²) < 4.78 is 23.0. The lowest BCUT2D eigenvalue weighted by molar-refractivity contribution is 0.600. The monoisotopic (exact) mass is 246 g/mol. The van der Waals surface area contributed by atoms with E-state index in [4.69, 9.17) is 11.6 Å². The van der Waals surface area contributed by atoms with Crippen molar-refractivity contribution in [3.63, 3.8) is 0 Å². The first kappa shape index (κ1) is 12.5. The zero-order chi connectivity index (χ0) is 11.5. The van der Waals surface area contributed by atoms with E-state index < -0.39 is 9.84 Å². The van der Waals surface area contributed by atoms with Crippen LogP contribution in [-0.4, -0.2) is 20.1 Å². The SMILES string of the molecule is CCC(Cl)Cc1ccccc1S(C)(=O)=O. The molecule has 0 spiro atoms. The number of hydrogen-bond acceptors (Lipinski definition) is 2. The lowest BCUT2D eigenvalue weighted by Gasteiger charge is -2.10. The molecule has 0 fully saturated rings. The minimum Gasteiger partial charge on any atom is -0.224 e. The molecule has 0 aromatic heterocycles. The van der Waals surface area contributed by atoms with Gasteiger partial charge in [0.25, 0.3) is 0 Å². The second-order valence-electron chi connectivity index (χ2n) is 3.59. The smallest absolute Gasteiger partial charge is 0.175 e. The number of sulfone groups is 1. The predicted octanol–water partition coefficient (Wildman–Crippen LogP) is 2.65. The minimum absolute atomic E-state index is 0.00657. The molecule has 0 N–H and O–H groups in total. The van der Waals surface area contributed by atoms with Crippen LogP contribution in [0.3, 0.4) is 0 Å². The van der Waals surface area contributed by atoms with Gasteiger partial charge < -0.3 is 0 Å². The Balaban J connectivity index is 3.08. The third kappa shape index (κ3) is 3.50. The molecular weight excluding hydrogens is 232 g/mol. The second-order valence-corrected chi connectivity index (χ2v) is 6.19. The molecule has 0 heterocycles. The fourth-order valence-electron chi connectivity index (χ4n) is 1.42. The third-order valence-electron chi connectivity index (χ3n) is 2.26. The van der Waals surface area contributed by atoms with Crippen molar-refractivity contribution >= 4 is 21.4 Å². The standard InChI is InChI=1S/C11H15ClO2S/c1-3-10(12)8-9-6-4-5-7-11(9)15(2,13)14/h4-7,10H,3,8H2,1-2H3. The summed E-state index contributed by atoms with van der Waals surface area (Å²) in [6, 6.07) is 7.02. The van der Waals surface area contributed by atoms with Gasteiger partial charge in [-0.25, -0.2) is 8.42 Å². The van der Waals surface area contributed by atoms with Crippen LogP contribution in [0.1, 0.15) is 18.9 Å². The van der Waals surface area contributed by atoms with Crippen LogP contribution in [0.2, 0.25) is 0 Å². The van der Waals surface area contributed by atoms with E-state index in [-0.39, 0.29) is 5.38 Å². The normalized spacial score (nSPS) is 13.8. The minimum atomic E-state index is -3.15. The first-order chi connectivity index (χ1) is 6.95. The largest absolute Gasteiger partial charge is 0.224 e. The molecular formula is C11H15ClO2S. The lowest BCUT2D eigenvalue weighted by Crippen LogP contribution is -2.07. The highest BCUT2D eigenvalue weighted by atomic mass is 35.5. The molecule has 1 atom stereocenters. The molecule has 2 nitrogen and oxygen atoms in total. The van der Waals surface area contributed by atoms with Crippen LogP contribution in [0.5, 0.6) is 0 Å². The molecule has 0 amide bonds. The first-order valence-electron chi connectivity index (χ1n) is 4.87. The van der Waals surface area contributed by atoms with Gasteiger partial charge in [0.05, 0.1) is 4.90 Å². The fourth-order valence-corrected chi connectivity index (χ4v) is 2.54. The third-order valence-corrected chi connectivity index (χ3v) is 3.92. The number of halogens is 1. The molecule has 1 unspecified atom stereocenters.